The number of imidazole rings is 1. The topological polar surface area (TPSA) is 33.1 Å². The van der Waals surface area contributed by atoms with E-state index in [1.54, 1.807) is 0 Å². The van der Waals surface area contributed by atoms with Crippen molar-refractivity contribution >= 4 is 0 Å². The molecule has 104 valence electrons. The monoisotopic (exact) mass is 260 g/mol. The molecule has 4 heteroatoms. The van der Waals surface area contributed by atoms with Gasteiger partial charge in [-0.05, 0) is 51.6 Å². The number of likely N-dealkylation sites (tertiary alicyclic amines) is 1. The van der Waals surface area contributed by atoms with E-state index in [1.807, 2.05) is 6.33 Å². The second-order valence-electron chi connectivity index (χ2n) is 6.61. The van der Waals surface area contributed by atoms with Gasteiger partial charge in [-0.1, -0.05) is 0 Å². The van der Waals surface area contributed by atoms with Gasteiger partial charge in [0.15, 0.2) is 0 Å². The van der Waals surface area contributed by atoms with Gasteiger partial charge in [-0.3, -0.25) is 4.90 Å². The Bertz CT molecular complexity index is 447. The molecule has 2 atom stereocenters. The molecule has 2 saturated carbocycles. The van der Waals surface area contributed by atoms with Crippen LogP contribution in [0.4, 0.5) is 0 Å². The summed E-state index contributed by atoms with van der Waals surface area (Å²) >= 11 is 0. The molecule has 0 radical (unpaired) electrons. The molecule has 1 aliphatic heterocycles. The fraction of sp³-hybridized carbons (Fsp3) is 0.800. The summed E-state index contributed by atoms with van der Waals surface area (Å²) in [6, 6.07) is 2.12. The van der Waals surface area contributed by atoms with Crippen LogP contribution in [0.1, 0.15) is 49.9 Å². The summed E-state index contributed by atoms with van der Waals surface area (Å²) in [6.45, 7) is 2.40. The Morgan fingerprint density at radius 3 is 2.84 bits per heavy atom. The van der Waals surface area contributed by atoms with E-state index < -0.39 is 0 Å². The van der Waals surface area contributed by atoms with Crippen molar-refractivity contribution in [2.75, 3.05) is 20.1 Å². The maximum absolute atomic E-state index is 4.42. The first kappa shape index (κ1) is 11.9. The molecule has 2 heterocycles. The van der Waals surface area contributed by atoms with Crippen molar-refractivity contribution < 1.29 is 0 Å². The van der Waals surface area contributed by atoms with E-state index in [9.17, 15) is 0 Å². The summed E-state index contributed by atoms with van der Waals surface area (Å²) in [5, 5.41) is 3.72. The quantitative estimate of drug-likeness (QED) is 0.878. The van der Waals surface area contributed by atoms with Crippen LogP contribution in [0.15, 0.2) is 12.5 Å². The van der Waals surface area contributed by atoms with Crippen LogP contribution in [0, 0.1) is 5.92 Å². The number of nitrogens with zero attached hydrogens (tertiary/aromatic N) is 3. The molecule has 1 N–H and O–H groups in total. The molecule has 1 aromatic rings. The van der Waals surface area contributed by atoms with E-state index in [-0.39, 0.29) is 0 Å². The van der Waals surface area contributed by atoms with Crippen LogP contribution in [0.2, 0.25) is 0 Å². The van der Waals surface area contributed by atoms with Crippen molar-refractivity contribution in [3.05, 3.63) is 18.2 Å². The Labute approximate surface area is 115 Å². The Hall–Kier alpha value is -0.870. The van der Waals surface area contributed by atoms with Crippen molar-refractivity contribution in [2.24, 2.45) is 5.92 Å². The summed E-state index contributed by atoms with van der Waals surface area (Å²) in [5.41, 5.74) is 1.45. The summed E-state index contributed by atoms with van der Waals surface area (Å²) in [7, 11) is 2.27. The minimum Gasteiger partial charge on any atom is -0.330 e. The minimum absolute atomic E-state index is 0.564. The average molecular weight is 260 g/mol. The molecule has 3 fully saturated rings. The van der Waals surface area contributed by atoms with Crippen LogP contribution in [0.3, 0.4) is 0 Å². The fourth-order valence-electron chi connectivity index (χ4n) is 3.51. The molecule has 2 unspecified atom stereocenters. The van der Waals surface area contributed by atoms with Crippen molar-refractivity contribution in [1.82, 2.24) is 19.8 Å². The predicted molar refractivity (Wildman–Crippen MR) is 75.0 cm³/mol. The Morgan fingerprint density at radius 1 is 1.26 bits per heavy atom. The molecule has 2 aliphatic carbocycles. The molecule has 0 bridgehead atoms. The molecule has 1 aromatic heterocycles. The SMILES string of the molecule is CN1CCC(CNC2CC2)C1c1cncn1C1CC1. The molecule has 4 nitrogen and oxygen atoms in total. The van der Waals surface area contributed by atoms with Crippen molar-refractivity contribution in [2.45, 2.75) is 50.2 Å². The van der Waals surface area contributed by atoms with Crippen LogP contribution in [-0.4, -0.2) is 40.6 Å². The lowest BCUT2D eigenvalue weighted by Crippen LogP contribution is -2.30. The molecular weight excluding hydrogens is 236 g/mol. The van der Waals surface area contributed by atoms with Gasteiger partial charge < -0.3 is 9.88 Å². The first-order chi connectivity index (χ1) is 9.33. The van der Waals surface area contributed by atoms with Crippen LogP contribution < -0.4 is 5.32 Å². The summed E-state index contributed by atoms with van der Waals surface area (Å²) < 4.78 is 2.44. The standard InChI is InChI=1S/C15H24N4/c1-18-7-6-11(8-17-12-2-3-12)15(18)14-9-16-10-19(14)13-4-5-13/h9-13,15,17H,2-8H2,1H3. The highest BCUT2D eigenvalue weighted by Gasteiger charge is 2.37. The molecule has 0 aromatic carbocycles. The Balaban J connectivity index is 1.53. The van der Waals surface area contributed by atoms with Gasteiger partial charge in [0.2, 0.25) is 0 Å². The molecule has 19 heavy (non-hydrogen) atoms. The lowest BCUT2D eigenvalue weighted by Gasteiger charge is -2.26. The molecule has 3 aliphatic rings. The van der Waals surface area contributed by atoms with Gasteiger partial charge in [0.05, 0.1) is 18.1 Å². The molecule has 1 saturated heterocycles. The van der Waals surface area contributed by atoms with Crippen LogP contribution in [-0.2, 0) is 0 Å². The maximum Gasteiger partial charge on any atom is 0.0951 e. The number of hydrogen-bond donors (Lipinski definition) is 1. The lowest BCUT2D eigenvalue weighted by molar-refractivity contribution is 0.259. The van der Waals surface area contributed by atoms with Gasteiger partial charge >= 0.3 is 0 Å². The van der Waals surface area contributed by atoms with E-state index in [4.69, 9.17) is 0 Å². The second-order valence-corrected chi connectivity index (χ2v) is 6.61. The third-order valence-corrected chi connectivity index (χ3v) is 4.96. The highest BCUT2D eigenvalue weighted by Crippen LogP contribution is 2.41. The van der Waals surface area contributed by atoms with Crippen LogP contribution >= 0.6 is 0 Å². The minimum atomic E-state index is 0.564. The van der Waals surface area contributed by atoms with Gasteiger partial charge in [-0.15, -0.1) is 0 Å². The second kappa shape index (κ2) is 4.60. The largest absolute Gasteiger partial charge is 0.330 e. The lowest BCUT2D eigenvalue weighted by atomic mass is 9.97. The van der Waals surface area contributed by atoms with Gasteiger partial charge in [0.1, 0.15) is 0 Å². The first-order valence-electron chi connectivity index (χ1n) is 7.78. The van der Waals surface area contributed by atoms with Crippen LogP contribution in [0.25, 0.3) is 0 Å². The smallest absolute Gasteiger partial charge is 0.0951 e. The number of rotatable bonds is 5. The van der Waals surface area contributed by atoms with E-state index in [1.165, 1.54) is 50.9 Å². The molecular formula is C15H24N4. The third-order valence-electron chi connectivity index (χ3n) is 4.96. The number of nitrogens with one attached hydrogen (secondary N) is 1. The average Bonchev–Trinajstić information content (AvgIpc) is 3.33. The molecule has 4 rings (SSSR count). The molecule has 0 spiro atoms. The number of aromatic nitrogens is 2. The first-order valence-corrected chi connectivity index (χ1v) is 7.78. The summed E-state index contributed by atoms with van der Waals surface area (Å²) in [4.78, 5) is 6.94. The van der Waals surface area contributed by atoms with Gasteiger partial charge in [-0.2, -0.15) is 0 Å². The molecule has 0 amide bonds. The van der Waals surface area contributed by atoms with E-state index in [0.29, 0.717) is 6.04 Å². The predicted octanol–water partition coefficient (Wildman–Crippen LogP) is 1.96. The van der Waals surface area contributed by atoms with E-state index in [0.717, 1.165) is 18.0 Å². The van der Waals surface area contributed by atoms with E-state index in [2.05, 4.69) is 33.0 Å². The van der Waals surface area contributed by atoms with Gasteiger partial charge in [0.25, 0.3) is 0 Å². The normalized spacial score (nSPS) is 32.1. The van der Waals surface area contributed by atoms with Crippen molar-refractivity contribution in [1.29, 1.82) is 0 Å². The van der Waals surface area contributed by atoms with Crippen LogP contribution in [0.5, 0.6) is 0 Å². The summed E-state index contributed by atoms with van der Waals surface area (Å²) in [6.07, 6.45) is 10.9. The van der Waals surface area contributed by atoms with Gasteiger partial charge in [-0.25, -0.2) is 4.98 Å². The summed E-state index contributed by atoms with van der Waals surface area (Å²) in [5.74, 6) is 0.750. The highest BCUT2D eigenvalue weighted by molar-refractivity contribution is 5.13. The zero-order chi connectivity index (χ0) is 12.8. The maximum atomic E-state index is 4.42. The van der Waals surface area contributed by atoms with Crippen molar-refractivity contribution in [3.63, 3.8) is 0 Å². The Kier molecular flexibility index (Phi) is 2.88. The highest BCUT2D eigenvalue weighted by atomic mass is 15.2. The zero-order valence-corrected chi connectivity index (χ0v) is 11.8. The fourth-order valence-corrected chi connectivity index (χ4v) is 3.51. The third kappa shape index (κ3) is 2.32. The zero-order valence-electron chi connectivity index (χ0n) is 11.8. The Morgan fingerprint density at radius 2 is 2.11 bits per heavy atom. The number of hydrogen-bond acceptors (Lipinski definition) is 3. The van der Waals surface area contributed by atoms with E-state index >= 15 is 0 Å². The van der Waals surface area contributed by atoms with Gasteiger partial charge in [0, 0.05) is 24.8 Å². The van der Waals surface area contributed by atoms with Crippen molar-refractivity contribution in [3.8, 4) is 0 Å².